The van der Waals surface area contributed by atoms with Gasteiger partial charge in [0.25, 0.3) is 0 Å². The molecule has 19 heavy (non-hydrogen) atoms. The van der Waals surface area contributed by atoms with E-state index in [1.54, 1.807) is 38.2 Å². The van der Waals surface area contributed by atoms with Gasteiger partial charge >= 0.3 is 11.9 Å². The van der Waals surface area contributed by atoms with Crippen LogP contribution in [0.5, 0.6) is 0 Å². The molecule has 0 saturated heterocycles. The second kappa shape index (κ2) is 7.51. The van der Waals surface area contributed by atoms with Crippen LogP contribution in [0.2, 0.25) is 0 Å². The highest BCUT2D eigenvalue weighted by atomic mass is 16.6. The van der Waals surface area contributed by atoms with Crippen molar-refractivity contribution in [2.45, 2.75) is 33.3 Å². The summed E-state index contributed by atoms with van der Waals surface area (Å²) in [6.07, 6.45) is 1.15. The normalized spacial score (nSPS) is 12.0. The maximum atomic E-state index is 11.9. The highest BCUT2D eigenvalue weighted by molar-refractivity contribution is 5.80. The Bertz CT molecular complexity index is 417. The number of aromatic nitrogens is 1. The van der Waals surface area contributed by atoms with Crippen molar-refractivity contribution in [3.8, 4) is 0 Å². The Morgan fingerprint density at radius 1 is 1.26 bits per heavy atom. The summed E-state index contributed by atoms with van der Waals surface area (Å²) >= 11 is 0. The first-order chi connectivity index (χ1) is 9.06. The van der Waals surface area contributed by atoms with Crippen molar-refractivity contribution >= 4 is 11.9 Å². The monoisotopic (exact) mass is 265 g/mol. The van der Waals surface area contributed by atoms with E-state index < -0.39 is 18.0 Å². The molecule has 1 heterocycles. The van der Waals surface area contributed by atoms with Crippen molar-refractivity contribution in [3.05, 3.63) is 30.1 Å². The lowest BCUT2D eigenvalue weighted by Gasteiger charge is -2.17. The molecule has 0 radical (unpaired) electrons. The van der Waals surface area contributed by atoms with Crippen LogP contribution in [0.1, 0.15) is 39.0 Å². The number of rotatable bonds is 6. The highest BCUT2D eigenvalue weighted by Gasteiger charge is 2.28. The summed E-state index contributed by atoms with van der Waals surface area (Å²) in [6.45, 7) is 5.59. The molecular weight excluding hydrogens is 246 g/mol. The van der Waals surface area contributed by atoms with Gasteiger partial charge in [0.15, 0.2) is 0 Å². The van der Waals surface area contributed by atoms with E-state index in [-0.39, 0.29) is 5.92 Å². The molecular formula is C14H19NO4. The number of carbonyl (C=O) groups is 2. The molecule has 5 nitrogen and oxygen atoms in total. The lowest BCUT2D eigenvalue weighted by molar-refractivity contribution is -0.170. The standard InChI is InChI=1S/C14H19NO4/c1-4-9-18-14(17)12(19-13(16)10(2)3)11-7-5-6-8-15-11/h5-8,10,12H,4,9H2,1-3H3. The summed E-state index contributed by atoms with van der Waals surface area (Å²) in [7, 11) is 0. The molecule has 0 fully saturated rings. The third kappa shape index (κ3) is 4.69. The maximum absolute atomic E-state index is 11.9. The van der Waals surface area contributed by atoms with Gasteiger partial charge in [0, 0.05) is 6.20 Å². The Labute approximate surface area is 112 Å². The molecule has 1 unspecified atom stereocenters. The van der Waals surface area contributed by atoms with E-state index in [1.165, 1.54) is 0 Å². The predicted octanol–water partition coefficient (Wildman–Crippen LogP) is 2.28. The molecule has 0 spiro atoms. The van der Waals surface area contributed by atoms with Crippen LogP contribution in [0.3, 0.4) is 0 Å². The van der Waals surface area contributed by atoms with Gasteiger partial charge in [0.2, 0.25) is 6.10 Å². The number of ether oxygens (including phenoxy) is 2. The first kappa shape index (κ1) is 15.1. The van der Waals surface area contributed by atoms with Gasteiger partial charge in [0.1, 0.15) is 0 Å². The topological polar surface area (TPSA) is 65.5 Å². The smallest absolute Gasteiger partial charge is 0.353 e. The van der Waals surface area contributed by atoms with E-state index in [9.17, 15) is 9.59 Å². The van der Waals surface area contributed by atoms with Crippen molar-refractivity contribution < 1.29 is 19.1 Å². The van der Waals surface area contributed by atoms with Crippen molar-refractivity contribution in [1.82, 2.24) is 4.98 Å². The van der Waals surface area contributed by atoms with Crippen LogP contribution < -0.4 is 0 Å². The summed E-state index contributed by atoms with van der Waals surface area (Å²) in [6, 6.07) is 5.08. The predicted molar refractivity (Wildman–Crippen MR) is 69.2 cm³/mol. The Hall–Kier alpha value is -1.91. The van der Waals surface area contributed by atoms with Gasteiger partial charge in [-0.1, -0.05) is 26.8 Å². The molecule has 0 aromatic carbocycles. The average molecular weight is 265 g/mol. The number of carbonyl (C=O) groups excluding carboxylic acids is 2. The number of hydrogen-bond acceptors (Lipinski definition) is 5. The number of esters is 2. The third-order valence-electron chi connectivity index (χ3n) is 2.32. The number of hydrogen-bond donors (Lipinski definition) is 0. The molecule has 1 rings (SSSR count). The number of nitrogens with zero attached hydrogens (tertiary/aromatic N) is 1. The molecule has 0 N–H and O–H groups in total. The zero-order valence-electron chi connectivity index (χ0n) is 11.5. The first-order valence-electron chi connectivity index (χ1n) is 6.34. The Morgan fingerprint density at radius 3 is 2.53 bits per heavy atom. The fraction of sp³-hybridized carbons (Fsp3) is 0.500. The molecule has 0 aliphatic heterocycles. The zero-order valence-corrected chi connectivity index (χ0v) is 11.5. The highest BCUT2D eigenvalue weighted by Crippen LogP contribution is 2.18. The summed E-state index contributed by atoms with van der Waals surface area (Å²) < 4.78 is 10.2. The Balaban J connectivity index is 2.85. The van der Waals surface area contributed by atoms with E-state index in [0.29, 0.717) is 18.7 Å². The molecule has 0 aliphatic rings. The van der Waals surface area contributed by atoms with Gasteiger partial charge in [-0.25, -0.2) is 4.79 Å². The van der Waals surface area contributed by atoms with Crippen LogP contribution in [0.25, 0.3) is 0 Å². The van der Waals surface area contributed by atoms with Crippen molar-refractivity contribution in [2.75, 3.05) is 6.61 Å². The average Bonchev–Trinajstić information content (AvgIpc) is 2.42. The van der Waals surface area contributed by atoms with Gasteiger partial charge in [0.05, 0.1) is 18.2 Å². The third-order valence-corrected chi connectivity index (χ3v) is 2.32. The van der Waals surface area contributed by atoms with Gasteiger partial charge in [-0.2, -0.15) is 0 Å². The molecule has 5 heteroatoms. The SMILES string of the molecule is CCCOC(=O)C(OC(=O)C(C)C)c1ccccn1. The molecule has 1 atom stereocenters. The van der Waals surface area contributed by atoms with Crippen molar-refractivity contribution in [3.63, 3.8) is 0 Å². The van der Waals surface area contributed by atoms with Crippen LogP contribution in [0, 0.1) is 5.92 Å². The van der Waals surface area contributed by atoms with Crippen LogP contribution in [0.4, 0.5) is 0 Å². The molecule has 1 aromatic rings. The molecule has 1 aromatic heterocycles. The number of pyridine rings is 1. The van der Waals surface area contributed by atoms with E-state index in [1.807, 2.05) is 6.92 Å². The molecule has 0 bridgehead atoms. The quantitative estimate of drug-likeness (QED) is 0.738. The Kier molecular flexibility index (Phi) is 5.99. The minimum Gasteiger partial charge on any atom is -0.463 e. The van der Waals surface area contributed by atoms with Crippen LogP contribution in [-0.2, 0) is 19.1 Å². The fourth-order valence-electron chi connectivity index (χ4n) is 1.29. The van der Waals surface area contributed by atoms with Gasteiger partial charge in [-0.3, -0.25) is 9.78 Å². The van der Waals surface area contributed by atoms with Crippen molar-refractivity contribution in [2.24, 2.45) is 5.92 Å². The zero-order chi connectivity index (χ0) is 14.3. The summed E-state index contributed by atoms with van der Waals surface area (Å²) in [5.74, 6) is -1.36. The van der Waals surface area contributed by atoms with Gasteiger partial charge in [-0.05, 0) is 18.6 Å². The van der Waals surface area contributed by atoms with Gasteiger partial charge < -0.3 is 9.47 Å². The van der Waals surface area contributed by atoms with Crippen LogP contribution in [-0.4, -0.2) is 23.5 Å². The van der Waals surface area contributed by atoms with Crippen LogP contribution >= 0.6 is 0 Å². The minimum absolute atomic E-state index is 0.293. The Morgan fingerprint density at radius 2 is 2.00 bits per heavy atom. The van der Waals surface area contributed by atoms with E-state index in [2.05, 4.69) is 4.98 Å². The van der Waals surface area contributed by atoms with E-state index in [4.69, 9.17) is 9.47 Å². The minimum atomic E-state index is -1.09. The maximum Gasteiger partial charge on any atom is 0.353 e. The van der Waals surface area contributed by atoms with Gasteiger partial charge in [-0.15, -0.1) is 0 Å². The van der Waals surface area contributed by atoms with Crippen molar-refractivity contribution in [1.29, 1.82) is 0 Å². The first-order valence-corrected chi connectivity index (χ1v) is 6.34. The van der Waals surface area contributed by atoms with E-state index in [0.717, 1.165) is 0 Å². The molecule has 104 valence electrons. The second-order valence-electron chi connectivity index (χ2n) is 4.39. The second-order valence-corrected chi connectivity index (χ2v) is 4.39. The molecule has 0 aliphatic carbocycles. The largest absolute Gasteiger partial charge is 0.463 e. The molecule has 0 amide bonds. The fourth-order valence-corrected chi connectivity index (χ4v) is 1.29. The van der Waals surface area contributed by atoms with Crippen LogP contribution in [0.15, 0.2) is 24.4 Å². The lowest BCUT2D eigenvalue weighted by Crippen LogP contribution is -2.25. The summed E-state index contributed by atoms with van der Waals surface area (Å²) in [5.41, 5.74) is 0.373. The van der Waals surface area contributed by atoms with E-state index >= 15 is 0 Å². The lowest BCUT2D eigenvalue weighted by atomic mass is 10.2. The molecule has 0 saturated carbocycles. The summed E-state index contributed by atoms with van der Waals surface area (Å²) in [5, 5.41) is 0. The summed E-state index contributed by atoms with van der Waals surface area (Å²) in [4.78, 5) is 27.6.